The highest BCUT2D eigenvalue weighted by Crippen LogP contribution is 2.37. The van der Waals surface area contributed by atoms with Crippen LogP contribution < -0.4 is 16.0 Å². The average molecular weight is 687 g/mol. The molecule has 10 heteroatoms. The molecule has 0 heterocycles. The summed E-state index contributed by atoms with van der Waals surface area (Å²) < 4.78 is 0. The number of para-hydroxylation sites is 1. The van der Waals surface area contributed by atoms with Crippen molar-refractivity contribution in [1.82, 2.24) is 5.32 Å². The number of hydrogen-bond donors (Lipinski definition) is 3. The Balaban J connectivity index is 1.35. The van der Waals surface area contributed by atoms with Gasteiger partial charge in [0.25, 0.3) is 11.8 Å². The van der Waals surface area contributed by atoms with E-state index in [9.17, 15) is 14.4 Å². The van der Waals surface area contributed by atoms with Gasteiger partial charge in [-0.3, -0.25) is 14.4 Å². The molecule has 0 bridgehead atoms. The smallest absolute Gasteiger partial charge is 0.272 e. The summed E-state index contributed by atoms with van der Waals surface area (Å²) in [7, 11) is 0. The second-order valence-corrected chi connectivity index (χ2v) is 12.3. The van der Waals surface area contributed by atoms with Crippen LogP contribution in [0.5, 0.6) is 0 Å². The fourth-order valence-corrected chi connectivity index (χ4v) is 6.06. The van der Waals surface area contributed by atoms with Crippen molar-refractivity contribution >= 4 is 81.7 Å². The summed E-state index contributed by atoms with van der Waals surface area (Å²) in [4.78, 5) is 40.7. The van der Waals surface area contributed by atoms with E-state index < -0.39 is 17.1 Å². The van der Waals surface area contributed by atoms with E-state index >= 15 is 0 Å². The second kappa shape index (κ2) is 15.7. The highest BCUT2D eigenvalue weighted by atomic mass is 35.5. The van der Waals surface area contributed by atoms with Gasteiger partial charge in [0.1, 0.15) is 10.9 Å². The SMILES string of the molecule is O=C(Nc1ccc(SC(C(=O)Nc2ccccc2Cl)c2ccccc2)cc1)/C(=C/c1c(Cl)cccc1Cl)NC(=O)c1ccccc1. The van der Waals surface area contributed by atoms with Crippen LogP contribution in [0.2, 0.25) is 15.1 Å². The molecule has 0 fully saturated rings. The van der Waals surface area contributed by atoms with Crippen LogP contribution in [0.1, 0.15) is 26.7 Å². The van der Waals surface area contributed by atoms with Crippen molar-refractivity contribution in [1.29, 1.82) is 0 Å². The van der Waals surface area contributed by atoms with E-state index in [1.165, 1.54) is 17.8 Å². The lowest BCUT2D eigenvalue weighted by atomic mass is 10.1. The van der Waals surface area contributed by atoms with Crippen LogP contribution in [-0.2, 0) is 9.59 Å². The molecule has 46 heavy (non-hydrogen) atoms. The molecule has 3 amide bonds. The minimum Gasteiger partial charge on any atom is -0.323 e. The molecule has 5 aromatic rings. The number of rotatable bonds is 10. The number of carbonyl (C=O) groups is 3. The third-order valence-electron chi connectivity index (χ3n) is 6.66. The Labute approximate surface area is 285 Å². The van der Waals surface area contributed by atoms with Gasteiger partial charge in [0.15, 0.2) is 0 Å². The maximum atomic E-state index is 13.5. The van der Waals surface area contributed by atoms with Crippen molar-refractivity contribution in [2.75, 3.05) is 10.6 Å². The van der Waals surface area contributed by atoms with Crippen molar-refractivity contribution in [2.24, 2.45) is 0 Å². The number of nitrogens with one attached hydrogen (secondary N) is 3. The first-order valence-corrected chi connectivity index (χ1v) is 16.0. The van der Waals surface area contributed by atoms with E-state index in [2.05, 4.69) is 16.0 Å². The van der Waals surface area contributed by atoms with Crippen LogP contribution in [0.4, 0.5) is 11.4 Å². The average Bonchev–Trinajstić information content (AvgIpc) is 3.07. The standard InChI is InChI=1S/C36H26Cl3N3O3S/c37-28-15-9-16-29(38)27(28)22-32(42-34(43)24-12-5-2-6-13-24)35(44)40-25-18-20-26(21-19-25)46-33(23-10-3-1-4-11-23)36(45)41-31-17-8-7-14-30(31)39/h1-22,33H,(H,40,44)(H,41,45)(H,42,43)/b32-22-. The predicted molar refractivity (Wildman–Crippen MR) is 189 cm³/mol. The minimum atomic E-state index is -0.582. The zero-order valence-electron chi connectivity index (χ0n) is 24.0. The molecule has 5 aromatic carbocycles. The largest absolute Gasteiger partial charge is 0.323 e. The summed E-state index contributed by atoms with van der Waals surface area (Å²) in [6.45, 7) is 0. The number of thioether (sulfide) groups is 1. The number of anilines is 2. The monoisotopic (exact) mass is 685 g/mol. The Morgan fingerprint density at radius 1 is 0.630 bits per heavy atom. The van der Waals surface area contributed by atoms with Crippen LogP contribution in [0.25, 0.3) is 6.08 Å². The van der Waals surface area contributed by atoms with Gasteiger partial charge in [0.05, 0.1) is 10.7 Å². The summed E-state index contributed by atoms with van der Waals surface area (Å²) in [5.41, 5.74) is 2.52. The Bertz CT molecular complexity index is 1870. The Kier molecular flexibility index (Phi) is 11.2. The third kappa shape index (κ3) is 8.59. The Morgan fingerprint density at radius 3 is 1.87 bits per heavy atom. The number of halogens is 3. The van der Waals surface area contributed by atoms with Crippen LogP contribution in [0.15, 0.2) is 138 Å². The second-order valence-electron chi connectivity index (χ2n) is 9.87. The molecule has 0 aromatic heterocycles. The summed E-state index contributed by atoms with van der Waals surface area (Å²) in [5.74, 6) is -1.29. The maximum Gasteiger partial charge on any atom is 0.272 e. The van der Waals surface area contributed by atoms with E-state index in [-0.39, 0.29) is 11.6 Å². The highest BCUT2D eigenvalue weighted by molar-refractivity contribution is 8.00. The van der Waals surface area contributed by atoms with Crippen molar-refractivity contribution in [3.05, 3.63) is 165 Å². The zero-order chi connectivity index (χ0) is 32.5. The van der Waals surface area contributed by atoms with E-state index in [0.717, 1.165) is 10.5 Å². The molecule has 0 aliphatic rings. The lowest BCUT2D eigenvalue weighted by Crippen LogP contribution is -2.30. The molecule has 0 aliphatic heterocycles. The lowest BCUT2D eigenvalue weighted by Gasteiger charge is -2.18. The summed E-state index contributed by atoms with van der Waals surface area (Å²) >= 11 is 20.4. The number of amides is 3. The van der Waals surface area contributed by atoms with Crippen molar-refractivity contribution in [3.8, 4) is 0 Å². The number of carbonyl (C=O) groups excluding carboxylic acids is 3. The fraction of sp³-hybridized carbons (Fsp3) is 0.0278. The van der Waals surface area contributed by atoms with Crippen molar-refractivity contribution in [2.45, 2.75) is 10.1 Å². The number of hydrogen-bond acceptors (Lipinski definition) is 4. The van der Waals surface area contributed by atoms with Gasteiger partial charge in [0.2, 0.25) is 5.91 Å². The minimum absolute atomic E-state index is 0.0531. The molecule has 230 valence electrons. The normalized spacial score (nSPS) is 11.8. The predicted octanol–water partition coefficient (Wildman–Crippen LogP) is 9.53. The zero-order valence-corrected chi connectivity index (χ0v) is 27.1. The molecule has 6 nitrogen and oxygen atoms in total. The van der Waals surface area contributed by atoms with E-state index in [4.69, 9.17) is 34.8 Å². The Morgan fingerprint density at radius 2 is 1.22 bits per heavy atom. The molecular formula is C36H26Cl3N3O3S. The molecule has 0 radical (unpaired) electrons. The van der Waals surface area contributed by atoms with Crippen molar-refractivity contribution in [3.63, 3.8) is 0 Å². The van der Waals surface area contributed by atoms with Gasteiger partial charge in [-0.2, -0.15) is 0 Å². The molecule has 5 rings (SSSR count). The summed E-state index contributed by atoms with van der Waals surface area (Å²) in [6, 6.07) is 37.0. The topological polar surface area (TPSA) is 87.3 Å². The molecular weight excluding hydrogens is 661 g/mol. The van der Waals surface area contributed by atoms with Crippen LogP contribution >= 0.6 is 46.6 Å². The van der Waals surface area contributed by atoms with Crippen LogP contribution in [0, 0.1) is 0 Å². The van der Waals surface area contributed by atoms with Gasteiger partial charge in [-0.15, -0.1) is 11.8 Å². The first-order chi connectivity index (χ1) is 22.3. The highest BCUT2D eigenvalue weighted by Gasteiger charge is 2.23. The molecule has 0 spiro atoms. The van der Waals surface area contributed by atoms with E-state index in [1.54, 1.807) is 97.1 Å². The lowest BCUT2D eigenvalue weighted by molar-refractivity contribution is -0.116. The molecule has 0 aliphatic carbocycles. The summed E-state index contributed by atoms with van der Waals surface area (Å²) in [5, 5.41) is 8.93. The van der Waals surface area contributed by atoms with Crippen LogP contribution in [0.3, 0.4) is 0 Å². The maximum absolute atomic E-state index is 13.5. The molecule has 1 unspecified atom stereocenters. The summed E-state index contributed by atoms with van der Waals surface area (Å²) in [6.07, 6.45) is 1.44. The Hall–Kier alpha value is -4.53. The fourth-order valence-electron chi connectivity index (χ4n) is 4.35. The van der Waals surface area contributed by atoms with Gasteiger partial charge in [-0.05, 0) is 72.3 Å². The molecule has 0 saturated heterocycles. The van der Waals surface area contributed by atoms with Gasteiger partial charge >= 0.3 is 0 Å². The molecule has 1 atom stereocenters. The van der Waals surface area contributed by atoms with E-state index in [0.29, 0.717) is 37.6 Å². The first kappa shape index (κ1) is 32.9. The quantitative estimate of drug-likeness (QED) is 0.101. The van der Waals surface area contributed by atoms with Crippen molar-refractivity contribution < 1.29 is 14.4 Å². The van der Waals surface area contributed by atoms with Crippen LogP contribution in [-0.4, -0.2) is 17.7 Å². The molecule has 0 saturated carbocycles. The van der Waals surface area contributed by atoms with Gasteiger partial charge < -0.3 is 16.0 Å². The third-order valence-corrected chi connectivity index (χ3v) is 8.91. The first-order valence-electron chi connectivity index (χ1n) is 14.0. The number of benzene rings is 5. The van der Waals surface area contributed by atoms with E-state index in [1.807, 2.05) is 30.3 Å². The van der Waals surface area contributed by atoms with Gasteiger partial charge in [-0.25, -0.2) is 0 Å². The molecule has 3 N–H and O–H groups in total. The van der Waals surface area contributed by atoms with Gasteiger partial charge in [0, 0.05) is 31.8 Å². The van der Waals surface area contributed by atoms with Gasteiger partial charge in [-0.1, -0.05) is 102 Å².